The summed E-state index contributed by atoms with van der Waals surface area (Å²) < 4.78 is 50.3. The molecule has 2 aromatic carbocycles. The third-order valence-corrected chi connectivity index (χ3v) is 6.13. The molecule has 5 rings (SSSR count). The minimum absolute atomic E-state index is 0.172. The van der Waals surface area contributed by atoms with Crippen molar-refractivity contribution in [1.29, 1.82) is 0 Å². The van der Waals surface area contributed by atoms with Crippen molar-refractivity contribution in [3.8, 4) is 5.75 Å². The van der Waals surface area contributed by atoms with Gasteiger partial charge in [0.2, 0.25) is 5.95 Å². The smallest absolute Gasteiger partial charge is 0.408 e. The van der Waals surface area contributed by atoms with E-state index in [1.165, 1.54) is 6.20 Å². The van der Waals surface area contributed by atoms with Gasteiger partial charge in [-0.25, -0.2) is 4.98 Å². The summed E-state index contributed by atoms with van der Waals surface area (Å²) in [6.07, 6.45) is -3.17. The fourth-order valence-electron chi connectivity index (χ4n) is 4.32. The lowest BCUT2D eigenvalue weighted by Crippen LogP contribution is -2.39. The maximum Gasteiger partial charge on any atom is 0.408 e. The van der Waals surface area contributed by atoms with Crippen LogP contribution in [-0.4, -0.2) is 52.7 Å². The lowest BCUT2D eigenvalue weighted by molar-refractivity contribution is -0.142. The predicted molar refractivity (Wildman–Crippen MR) is 134 cm³/mol. The van der Waals surface area contributed by atoms with Crippen LogP contribution < -0.4 is 15.0 Å². The quantitative estimate of drug-likeness (QED) is 0.378. The van der Waals surface area contributed by atoms with Crippen LogP contribution in [0, 0.1) is 6.92 Å². The van der Waals surface area contributed by atoms with Crippen LogP contribution in [0.25, 0.3) is 10.9 Å². The molecule has 1 atom stereocenters. The molecule has 0 saturated carbocycles. The highest BCUT2D eigenvalue weighted by Gasteiger charge is 2.28. The number of fused-ring (bicyclic) bond motifs is 1. The second kappa shape index (κ2) is 10.3. The lowest BCUT2D eigenvalue weighted by atomic mass is 10.1. The van der Waals surface area contributed by atoms with E-state index in [-0.39, 0.29) is 12.6 Å². The van der Waals surface area contributed by atoms with E-state index in [4.69, 9.17) is 19.4 Å². The zero-order valence-corrected chi connectivity index (χ0v) is 20.5. The molecule has 2 aromatic heterocycles. The second-order valence-corrected chi connectivity index (χ2v) is 8.95. The Kier molecular flexibility index (Phi) is 6.88. The number of halogens is 3. The van der Waals surface area contributed by atoms with Gasteiger partial charge in [-0.1, -0.05) is 18.2 Å². The molecule has 0 bridgehead atoms. The number of ether oxygens (including phenoxy) is 2. The van der Waals surface area contributed by atoms with Gasteiger partial charge in [-0.15, -0.1) is 0 Å². The number of nitrogens with zero attached hydrogens (tertiary/aromatic N) is 5. The van der Waals surface area contributed by atoms with Crippen LogP contribution in [0.4, 0.5) is 24.9 Å². The van der Waals surface area contributed by atoms with Gasteiger partial charge in [0.25, 0.3) is 0 Å². The minimum Gasteiger partial charge on any atom is -0.497 e. The van der Waals surface area contributed by atoms with Crippen LogP contribution in [0.15, 0.2) is 54.7 Å². The molecule has 1 aliphatic heterocycles. The highest BCUT2D eigenvalue weighted by Crippen LogP contribution is 2.30. The highest BCUT2D eigenvalue weighted by atomic mass is 19.4. The molecule has 0 amide bonds. The van der Waals surface area contributed by atoms with Gasteiger partial charge in [0, 0.05) is 18.1 Å². The van der Waals surface area contributed by atoms with Gasteiger partial charge in [0.15, 0.2) is 0 Å². The minimum atomic E-state index is -4.33. The van der Waals surface area contributed by atoms with E-state index in [1.54, 1.807) is 13.2 Å². The molecule has 3 heterocycles. The van der Waals surface area contributed by atoms with E-state index in [2.05, 4.69) is 15.3 Å². The fourth-order valence-corrected chi connectivity index (χ4v) is 4.32. The summed E-state index contributed by atoms with van der Waals surface area (Å²) in [6.45, 7) is 2.79. The molecule has 1 aliphatic rings. The number of anilines is 2. The molecule has 8 nitrogen and oxygen atoms in total. The molecular weight excluding hydrogens is 485 g/mol. The van der Waals surface area contributed by atoms with Crippen molar-refractivity contribution in [3.63, 3.8) is 0 Å². The van der Waals surface area contributed by atoms with Crippen molar-refractivity contribution in [2.75, 3.05) is 37.0 Å². The predicted octanol–water partition coefficient (Wildman–Crippen LogP) is 4.90. The maximum absolute atomic E-state index is 12.7. The van der Waals surface area contributed by atoms with E-state index < -0.39 is 12.7 Å². The van der Waals surface area contributed by atoms with Gasteiger partial charge < -0.3 is 19.7 Å². The maximum atomic E-state index is 12.7. The summed E-state index contributed by atoms with van der Waals surface area (Å²) in [5.74, 6) is 1.91. The Bertz CT molecular complexity index is 1390. The van der Waals surface area contributed by atoms with Gasteiger partial charge in [-0.2, -0.15) is 23.3 Å². The van der Waals surface area contributed by atoms with E-state index in [0.717, 1.165) is 32.5 Å². The zero-order valence-electron chi connectivity index (χ0n) is 20.5. The van der Waals surface area contributed by atoms with Crippen LogP contribution in [0.2, 0.25) is 0 Å². The number of alkyl halides is 3. The summed E-state index contributed by atoms with van der Waals surface area (Å²) in [4.78, 5) is 11.7. The third-order valence-electron chi connectivity index (χ3n) is 6.13. The highest BCUT2D eigenvalue weighted by molar-refractivity contribution is 5.90. The number of aryl methyl sites for hydroxylation is 1. The monoisotopic (exact) mass is 512 g/mol. The van der Waals surface area contributed by atoms with Crippen molar-refractivity contribution in [2.24, 2.45) is 0 Å². The van der Waals surface area contributed by atoms with E-state index in [1.807, 2.05) is 49.4 Å². The zero-order chi connectivity index (χ0) is 26.0. The Morgan fingerprint density at radius 2 is 2.00 bits per heavy atom. The Labute approximate surface area is 212 Å². The Morgan fingerprint density at radius 1 is 1.14 bits per heavy atom. The number of methoxy groups -OCH3 is 1. The van der Waals surface area contributed by atoms with Crippen LogP contribution in [0.5, 0.6) is 5.75 Å². The molecule has 11 heteroatoms. The standard InChI is InChI=1S/C26H27F3N6O2/c1-17-6-7-21-22(12-17)31-25(32-24(21)30-14-19-8-9-35(33-19)16-26(27,28)29)34-10-11-37-23(15-34)18-4-3-5-20(13-18)36-2/h3-9,12-13,23H,10-11,14-16H2,1-2H3,(H,30,31,32). The second-order valence-electron chi connectivity index (χ2n) is 8.95. The Morgan fingerprint density at radius 3 is 2.81 bits per heavy atom. The number of hydrogen-bond donors (Lipinski definition) is 1. The van der Waals surface area contributed by atoms with Gasteiger partial charge in [0.05, 0.1) is 38.0 Å². The molecule has 0 aliphatic carbocycles. The van der Waals surface area contributed by atoms with Crippen LogP contribution in [0.1, 0.15) is 22.9 Å². The summed E-state index contributed by atoms with van der Waals surface area (Å²) in [5, 5.41) is 8.10. The number of nitrogens with one attached hydrogen (secondary N) is 1. The van der Waals surface area contributed by atoms with Crippen molar-refractivity contribution in [3.05, 3.63) is 71.5 Å². The average Bonchev–Trinajstić information content (AvgIpc) is 3.32. The summed E-state index contributed by atoms with van der Waals surface area (Å²) in [7, 11) is 1.63. The fraction of sp³-hybridized carbons (Fsp3) is 0.346. The number of hydrogen-bond acceptors (Lipinski definition) is 7. The molecule has 1 saturated heterocycles. The number of rotatable bonds is 7. The first-order valence-corrected chi connectivity index (χ1v) is 11.9. The van der Waals surface area contributed by atoms with Crippen molar-refractivity contribution in [2.45, 2.75) is 32.3 Å². The first kappa shape index (κ1) is 24.8. The van der Waals surface area contributed by atoms with Crippen molar-refractivity contribution >= 4 is 22.7 Å². The molecule has 37 heavy (non-hydrogen) atoms. The normalized spacial score (nSPS) is 16.2. The molecule has 0 spiro atoms. The summed E-state index contributed by atoms with van der Waals surface area (Å²) >= 11 is 0. The Hall–Kier alpha value is -3.86. The van der Waals surface area contributed by atoms with Crippen LogP contribution >= 0.6 is 0 Å². The first-order chi connectivity index (χ1) is 17.8. The SMILES string of the molecule is COc1cccc(C2CN(c3nc(NCc4ccn(CC(F)(F)F)n4)c4ccc(C)cc4n3)CCO2)c1. The summed E-state index contributed by atoms with van der Waals surface area (Å²) in [5.41, 5.74) is 3.33. The average molecular weight is 513 g/mol. The Balaban J connectivity index is 1.40. The topological polar surface area (TPSA) is 77.3 Å². The first-order valence-electron chi connectivity index (χ1n) is 11.9. The molecule has 1 unspecified atom stereocenters. The number of aromatic nitrogens is 4. The van der Waals surface area contributed by atoms with Crippen molar-refractivity contribution < 1.29 is 22.6 Å². The van der Waals surface area contributed by atoms with Gasteiger partial charge in [-0.05, 0) is 48.4 Å². The third kappa shape index (κ3) is 5.93. The summed E-state index contributed by atoms with van der Waals surface area (Å²) in [6, 6.07) is 15.3. The van der Waals surface area contributed by atoms with Crippen LogP contribution in [-0.2, 0) is 17.8 Å². The molecule has 0 radical (unpaired) electrons. The van der Waals surface area contributed by atoms with Crippen LogP contribution in [0.3, 0.4) is 0 Å². The van der Waals surface area contributed by atoms with Crippen molar-refractivity contribution in [1.82, 2.24) is 19.7 Å². The number of benzene rings is 2. The van der Waals surface area contributed by atoms with Gasteiger partial charge in [0.1, 0.15) is 24.2 Å². The van der Waals surface area contributed by atoms with E-state index >= 15 is 0 Å². The van der Waals surface area contributed by atoms with Gasteiger partial charge in [-0.3, -0.25) is 4.68 Å². The molecular formula is C26H27F3N6O2. The van der Waals surface area contributed by atoms with E-state index in [9.17, 15) is 13.2 Å². The largest absolute Gasteiger partial charge is 0.497 e. The molecule has 194 valence electrons. The van der Waals surface area contributed by atoms with E-state index in [0.29, 0.717) is 37.2 Å². The van der Waals surface area contributed by atoms with Gasteiger partial charge >= 0.3 is 6.18 Å². The molecule has 4 aromatic rings. The molecule has 1 fully saturated rings. The molecule has 1 N–H and O–H groups in total. The number of morpholine rings is 1. The lowest BCUT2D eigenvalue weighted by Gasteiger charge is -2.33.